The van der Waals surface area contributed by atoms with Crippen LogP contribution in [0, 0.1) is 12.7 Å². The topological polar surface area (TPSA) is 65.4 Å². The third-order valence-corrected chi connectivity index (χ3v) is 3.51. The van der Waals surface area contributed by atoms with Gasteiger partial charge >= 0.3 is 0 Å². The van der Waals surface area contributed by atoms with Gasteiger partial charge in [-0.1, -0.05) is 0 Å². The van der Waals surface area contributed by atoms with E-state index in [0.717, 1.165) is 18.1 Å². The summed E-state index contributed by atoms with van der Waals surface area (Å²) >= 11 is 0. The Morgan fingerprint density at radius 1 is 1.33 bits per heavy atom. The van der Waals surface area contributed by atoms with E-state index in [1.807, 2.05) is 13.1 Å². The van der Waals surface area contributed by atoms with Gasteiger partial charge in [0.05, 0.1) is 6.61 Å². The summed E-state index contributed by atoms with van der Waals surface area (Å²) in [6.45, 7) is 3.69. The Hall–Kier alpha value is -2.41. The Morgan fingerprint density at radius 3 is 2.79 bits per heavy atom. The van der Waals surface area contributed by atoms with Crippen LogP contribution in [0.2, 0.25) is 0 Å². The molecule has 1 aromatic carbocycles. The predicted molar refractivity (Wildman–Crippen MR) is 87.4 cm³/mol. The van der Waals surface area contributed by atoms with Crippen LogP contribution < -0.4 is 10.1 Å². The van der Waals surface area contributed by atoms with Crippen LogP contribution in [0.1, 0.15) is 11.5 Å². The lowest BCUT2D eigenvalue weighted by atomic mass is 10.3. The Morgan fingerprint density at radius 2 is 2.08 bits per heavy atom. The number of methoxy groups -OCH3 is 1. The van der Waals surface area contributed by atoms with E-state index in [1.54, 1.807) is 7.11 Å². The normalized spacial score (nSPS) is 10.6. The number of hydrogen-bond donors (Lipinski definition) is 1. The summed E-state index contributed by atoms with van der Waals surface area (Å²) in [4.78, 5) is 16.1. The SMILES string of the molecule is COCCn1c(C)cnc1CCNC(=O)COc1ccc(F)cc1. The molecule has 0 bridgehead atoms. The predicted octanol–water partition coefficient (Wildman–Crippen LogP) is 1.71. The number of carbonyl (C=O) groups is 1. The van der Waals surface area contributed by atoms with E-state index >= 15 is 0 Å². The van der Waals surface area contributed by atoms with Crippen LogP contribution in [-0.4, -0.2) is 42.3 Å². The highest BCUT2D eigenvalue weighted by Gasteiger charge is 2.08. The maximum absolute atomic E-state index is 12.8. The molecule has 1 aromatic heterocycles. The van der Waals surface area contributed by atoms with Crippen molar-refractivity contribution in [3.05, 3.63) is 47.8 Å². The largest absolute Gasteiger partial charge is 0.484 e. The molecule has 1 N–H and O–H groups in total. The zero-order valence-electron chi connectivity index (χ0n) is 13.9. The molecular formula is C17H22FN3O3. The van der Waals surface area contributed by atoms with E-state index in [4.69, 9.17) is 9.47 Å². The summed E-state index contributed by atoms with van der Waals surface area (Å²) in [5.74, 6) is 0.790. The van der Waals surface area contributed by atoms with Gasteiger partial charge in [0.15, 0.2) is 6.61 Å². The Labute approximate surface area is 140 Å². The Bertz CT molecular complexity index is 656. The van der Waals surface area contributed by atoms with Gasteiger partial charge in [0.2, 0.25) is 0 Å². The van der Waals surface area contributed by atoms with Crippen LogP contribution in [0.25, 0.3) is 0 Å². The average molecular weight is 335 g/mol. The van der Waals surface area contributed by atoms with Crippen LogP contribution in [0.4, 0.5) is 4.39 Å². The van der Waals surface area contributed by atoms with Crippen molar-refractivity contribution in [3.8, 4) is 5.75 Å². The molecule has 0 fully saturated rings. The minimum Gasteiger partial charge on any atom is -0.484 e. The number of aryl methyl sites for hydroxylation is 1. The number of amides is 1. The minimum atomic E-state index is -0.342. The third-order valence-electron chi connectivity index (χ3n) is 3.51. The highest BCUT2D eigenvalue weighted by atomic mass is 19.1. The molecule has 0 unspecified atom stereocenters. The number of nitrogens with one attached hydrogen (secondary N) is 1. The van der Waals surface area contributed by atoms with E-state index in [2.05, 4.69) is 14.9 Å². The molecule has 0 spiro atoms. The number of carbonyl (C=O) groups excluding carboxylic acids is 1. The van der Waals surface area contributed by atoms with E-state index < -0.39 is 0 Å². The van der Waals surface area contributed by atoms with Crippen LogP contribution >= 0.6 is 0 Å². The van der Waals surface area contributed by atoms with Crippen LogP contribution in [-0.2, 0) is 22.5 Å². The van der Waals surface area contributed by atoms with Crippen molar-refractivity contribution in [1.29, 1.82) is 0 Å². The molecule has 0 aliphatic rings. The van der Waals surface area contributed by atoms with Gasteiger partial charge in [-0.05, 0) is 31.2 Å². The van der Waals surface area contributed by atoms with Gasteiger partial charge in [-0.15, -0.1) is 0 Å². The van der Waals surface area contributed by atoms with E-state index in [-0.39, 0.29) is 18.3 Å². The van der Waals surface area contributed by atoms with E-state index in [9.17, 15) is 9.18 Å². The maximum atomic E-state index is 12.8. The molecule has 1 amide bonds. The standard InChI is InChI=1S/C17H22FN3O3/c1-13-11-20-16(21(13)9-10-23-2)7-8-19-17(22)12-24-15-5-3-14(18)4-6-15/h3-6,11H,7-10,12H2,1-2H3,(H,19,22). The molecule has 0 aliphatic heterocycles. The second-order valence-electron chi connectivity index (χ2n) is 5.30. The summed E-state index contributed by atoms with van der Waals surface area (Å²) < 4.78 is 25.2. The first-order valence-corrected chi connectivity index (χ1v) is 7.75. The molecule has 2 aromatic rings. The lowest BCUT2D eigenvalue weighted by Gasteiger charge is -2.10. The van der Waals surface area contributed by atoms with Gasteiger partial charge in [-0.2, -0.15) is 0 Å². The van der Waals surface area contributed by atoms with Crippen LogP contribution in [0.3, 0.4) is 0 Å². The number of aromatic nitrogens is 2. The minimum absolute atomic E-state index is 0.108. The van der Waals surface area contributed by atoms with E-state index in [1.165, 1.54) is 24.3 Å². The number of halogens is 1. The number of imidazole rings is 1. The van der Waals surface area contributed by atoms with Gasteiger partial charge in [-0.3, -0.25) is 4.79 Å². The molecule has 2 rings (SSSR count). The zero-order chi connectivity index (χ0) is 17.4. The van der Waals surface area contributed by atoms with Crippen molar-refractivity contribution in [2.45, 2.75) is 19.9 Å². The lowest BCUT2D eigenvalue weighted by molar-refractivity contribution is -0.123. The molecular weight excluding hydrogens is 313 g/mol. The molecule has 0 saturated carbocycles. The quantitative estimate of drug-likeness (QED) is 0.758. The first kappa shape index (κ1) is 17.9. The molecule has 1 heterocycles. The smallest absolute Gasteiger partial charge is 0.257 e. The fraction of sp³-hybridized carbons (Fsp3) is 0.412. The summed E-state index contributed by atoms with van der Waals surface area (Å²) in [5, 5.41) is 2.78. The number of nitrogens with zero attached hydrogens (tertiary/aromatic N) is 2. The molecule has 0 atom stereocenters. The molecule has 0 aliphatic carbocycles. The highest BCUT2D eigenvalue weighted by molar-refractivity contribution is 5.77. The molecule has 6 nitrogen and oxygen atoms in total. The summed E-state index contributed by atoms with van der Waals surface area (Å²) in [6.07, 6.45) is 2.43. The van der Waals surface area contributed by atoms with Gasteiger partial charge in [0, 0.05) is 38.5 Å². The second kappa shape index (κ2) is 9.02. The van der Waals surface area contributed by atoms with Crippen molar-refractivity contribution in [1.82, 2.24) is 14.9 Å². The Kier molecular flexibility index (Phi) is 6.74. The van der Waals surface area contributed by atoms with Crippen LogP contribution in [0.5, 0.6) is 5.75 Å². The highest BCUT2D eigenvalue weighted by Crippen LogP contribution is 2.10. The maximum Gasteiger partial charge on any atom is 0.257 e. The first-order chi connectivity index (χ1) is 11.6. The fourth-order valence-corrected chi connectivity index (χ4v) is 2.24. The number of hydrogen-bond acceptors (Lipinski definition) is 4. The third kappa shape index (κ3) is 5.34. The molecule has 7 heteroatoms. The molecule has 24 heavy (non-hydrogen) atoms. The number of rotatable bonds is 9. The van der Waals surface area contributed by atoms with Gasteiger partial charge in [0.1, 0.15) is 17.4 Å². The Balaban J connectivity index is 1.73. The van der Waals surface area contributed by atoms with Crippen LogP contribution in [0.15, 0.2) is 30.5 Å². The summed E-state index contributed by atoms with van der Waals surface area (Å²) in [7, 11) is 1.66. The molecule has 0 radical (unpaired) electrons. The number of benzene rings is 1. The zero-order valence-corrected chi connectivity index (χ0v) is 13.9. The summed E-state index contributed by atoms with van der Waals surface area (Å²) in [6, 6.07) is 5.54. The monoisotopic (exact) mass is 335 g/mol. The molecule has 130 valence electrons. The lowest BCUT2D eigenvalue weighted by Crippen LogP contribution is -2.31. The second-order valence-corrected chi connectivity index (χ2v) is 5.30. The average Bonchev–Trinajstić information content (AvgIpc) is 2.92. The van der Waals surface area contributed by atoms with Crippen molar-refractivity contribution >= 4 is 5.91 Å². The van der Waals surface area contributed by atoms with Crippen molar-refractivity contribution < 1.29 is 18.7 Å². The first-order valence-electron chi connectivity index (χ1n) is 7.75. The van der Waals surface area contributed by atoms with E-state index in [0.29, 0.717) is 25.3 Å². The van der Waals surface area contributed by atoms with Gasteiger partial charge in [0.25, 0.3) is 5.91 Å². The van der Waals surface area contributed by atoms with Crippen molar-refractivity contribution in [2.75, 3.05) is 26.9 Å². The number of ether oxygens (including phenoxy) is 2. The van der Waals surface area contributed by atoms with Gasteiger partial charge in [-0.25, -0.2) is 9.37 Å². The molecule has 0 saturated heterocycles. The fourth-order valence-electron chi connectivity index (χ4n) is 2.24. The van der Waals surface area contributed by atoms with Crippen molar-refractivity contribution in [2.24, 2.45) is 0 Å². The summed E-state index contributed by atoms with van der Waals surface area (Å²) in [5.41, 5.74) is 1.06. The van der Waals surface area contributed by atoms with Gasteiger partial charge < -0.3 is 19.4 Å². The van der Waals surface area contributed by atoms with Crippen molar-refractivity contribution in [3.63, 3.8) is 0 Å².